The normalized spacial score (nSPS) is 16.3. The van der Waals surface area contributed by atoms with Crippen molar-refractivity contribution in [3.8, 4) is 5.75 Å². The summed E-state index contributed by atoms with van der Waals surface area (Å²) in [5.74, 6) is 1.35. The van der Waals surface area contributed by atoms with E-state index in [1.54, 1.807) is 36.2 Å². The van der Waals surface area contributed by atoms with E-state index in [-0.39, 0.29) is 11.8 Å². The number of carbonyl (C=O) groups excluding carboxylic acids is 1. The summed E-state index contributed by atoms with van der Waals surface area (Å²) in [6.45, 7) is 2.19. The van der Waals surface area contributed by atoms with Gasteiger partial charge in [0.15, 0.2) is 5.65 Å². The van der Waals surface area contributed by atoms with E-state index in [1.165, 1.54) is 0 Å². The number of ether oxygens (including phenoxy) is 2. The fourth-order valence-corrected chi connectivity index (χ4v) is 4.11. The molecule has 1 aliphatic heterocycles. The largest absolute Gasteiger partial charge is 0.497 e. The standard InChI is InChI=1S/C25H26N6O3/c1-33-21-7-4-19(5-8-21)28-24-22(3-2-10-27-24)25(32)30-13-14-34-17-18(16-30)15-20-6-9-23-26-11-12-31(23)29-20/h2-12,18H,13-17H2,1H3,(H,27,28)/t18-/m0/s1. The number of aromatic nitrogens is 4. The van der Waals surface area contributed by atoms with E-state index in [9.17, 15) is 4.79 Å². The van der Waals surface area contributed by atoms with E-state index in [2.05, 4.69) is 20.4 Å². The highest BCUT2D eigenvalue weighted by atomic mass is 16.5. The summed E-state index contributed by atoms with van der Waals surface area (Å²) in [4.78, 5) is 24.1. The number of methoxy groups -OCH3 is 1. The van der Waals surface area contributed by atoms with Crippen molar-refractivity contribution < 1.29 is 14.3 Å². The zero-order chi connectivity index (χ0) is 23.3. The van der Waals surface area contributed by atoms with Gasteiger partial charge in [0.2, 0.25) is 0 Å². The van der Waals surface area contributed by atoms with Gasteiger partial charge in [0, 0.05) is 43.3 Å². The van der Waals surface area contributed by atoms with Gasteiger partial charge in [0.25, 0.3) is 5.91 Å². The molecule has 1 N–H and O–H groups in total. The summed E-state index contributed by atoms with van der Waals surface area (Å²) in [6, 6.07) is 15.0. The maximum atomic E-state index is 13.5. The van der Waals surface area contributed by atoms with Gasteiger partial charge in [-0.15, -0.1) is 0 Å². The molecule has 174 valence electrons. The Morgan fingerprint density at radius 1 is 1.15 bits per heavy atom. The molecule has 0 bridgehead atoms. The number of anilines is 2. The topological polar surface area (TPSA) is 93.9 Å². The molecule has 1 aliphatic rings. The number of hydrogen-bond donors (Lipinski definition) is 1. The monoisotopic (exact) mass is 458 g/mol. The van der Waals surface area contributed by atoms with E-state index >= 15 is 0 Å². The minimum atomic E-state index is -0.0716. The predicted molar refractivity (Wildman–Crippen MR) is 127 cm³/mol. The second-order valence-corrected chi connectivity index (χ2v) is 8.20. The number of carbonyl (C=O) groups is 1. The molecule has 0 aliphatic carbocycles. The minimum Gasteiger partial charge on any atom is -0.497 e. The van der Waals surface area contributed by atoms with E-state index in [0.717, 1.165) is 22.8 Å². The number of benzene rings is 1. The number of pyridine rings is 1. The molecule has 1 saturated heterocycles. The maximum absolute atomic E-state index is 13.5. The van der Waals surface area contributed by atoms with Crippen molar-refractivity contribution in [2.45, 2.75) is 6.42 Å². The zero-order valence-electron chi connectivity index (χ0n) is 18.9. The predicted octanol–water partition coefficient (Wildman–Crippen LogP) is 3.21. The van der Waals surface area contributed by atoms with Crippen molar-refractivity contribution >= 4 is 23.1 Å². The Hall–Kier alpha value is -3.98. The molecule has 1 atom stereocenters. The van der Waals surface area contributed by atoms with Gasteiger partial charge in [-0.3, -0.25) is 4.79 Å². The smallest absolute Gasteiger partial charge is 0.257 e. The van der Waals surface area contributed by atoms with Gasteiger partial charge in [0.1, 0.15) is 11.6 Å². The highest BCUT2D eigenvalue weighted by Gasteiger charge is 2.26. The molecule has 9 nitrogen and oxygen atoms in total. The van der Waals surface area contributed by atoms with Gasteiger partial charge in [0.05, 0.1) is 31.6 Å². The van der Waals surface area contributed by atoms with Crippen molar-refractivity contribution in [2.24, 2.45) is 5.92 Å². The lowest BCUT2D eigenvalue weighted by atomic mass is 10.0. The second kappa shape index (κ2) is 9.88. The van der Waals surface area contributed by atoms with Crippen LogP contribution in [0.15, 0.2) is 67.1 Å². The number of hydrogen-bond acceptors (Lipinski definition) is 7. The fraction of sp³-hybridized carbons (Fsp3) is 0.280. The first kappa shape index (κ1) is 21.8. The van der Waals surface area contributed by atoms with E-state index in [4.69, 9.17) is 9.47 Å². The summed E-state index contributed by atoms with van der Waals surface area (Å²) in [7, 11) is 1.63. The molecule has 34 heavy (non-hydrogen) atoms. The van der Waals surface area contributed by atoms with Crippen LogP contribution < -0.4 is 10.1 Å². The van der Waals surface area contributed by atoms with Gasteiger partial charge in [-0.1, -0.05) is 0 Å². The quantitative estimate of drug-likeness (QED) is 0.474. The van der Waals surface area contributed by atoms with Gasteiger partial charge in [-0.2, -0.15) is 5.10 Å². The third-order valence-corrected chi connectivity index (χ3v) is 5.82. The number of nitrogens with one attached hydrogen (secondary N) is 1. The van der Waals surface area contributed by atoms with Gasteiger partial charge >= 0.3 is 0 Å². The Morgan fingerprint density at radius 2 is 2.03 bits per heavy atom. The molecule has 1 aromatic carbocycles. The van der Waals surface area contributed by atoms with Crippen molar-refractivity contribution in [1.82, 2.24) is 24.5 Å². The van der Waals surface area contributed by atoms with E-state index in [0.29, 0.717) is 44.1 Å². The van der Waals surface area contributed by atoms with Crippen LogP contribution in [0.3, 0.4) is 0 Å². The van der Waals surface area contributed by atoms with Crippen LogP contribution in [0, 0.1) is 5.92 Å². The van der Waals surface area contributed by atoms with Crippen LogP contribution in [0.4, 0.5) is 11.5 Å². The maximum Gasteiger partial charge on any atom is 0.257 e. The van der Waals surface area contributed by atoms with Crippen LogP contribution >= 0.6 is 0 Å². The lowest BCUT2D eigenvalue weighted by Crippen LogP contribution is -2.37. The lowest BCUT2D eigenvalue weighted by Gasteiger charge is -2.24. The first-order valence-electron chi connectivity index (χ1n) is 11.2. The molecule has 0 unspecified atom stereocenters. The van der Waals surface area contributed by atoms with Crippen LogP contribution in [0.5, 0.6) is 5.75 Å². The number of imidazole rings is 1. The first-order chi connectivity index (χ1) is 16.7. The van der Waals surface area contributed by atoms with Gasteiger partial charge in [-0.05, 0) is 55.0 Å². The zero-order valence-corrected chi connectivity index (χ0v) is 18.9. The average Bonchev–Trinajstić information content (AvgIpc) is 3.21. The van der Waals surface area contributed by atoms with E-state index in [1.807, 2.05) is 47.5 Å². The third-order valence-electron chi connectivity index (χ3n) is 5.82. The molecule has 1 fully saturated rings. The van der Waals surface area contributed by atoms with E-state index < -0.39 is 0 Å². The number of nitrogens with zero attached hydrogens (tertiary/aromatic N) is 5. The molecule has 1 amide bonds. The SMILES string of the molecule is COc1ccc(Nc2ncccc2C(=O)N2CCOC[C@@H](Cc3ccc4nccn4n3)C2)cc1. The Labute approximate surface area is 197 Å². The first-order valence-corrected chi connectivity index (χ1v) is 11.2. The average molecular weight is 459 g/mol. The fourth-order valence-electron chi connectivity index (χ4n) is 4.11. The summed E-state index contributed by atoms with van der Waals surface area (Å²) in [5, 5.41) is 7.89. The Balaban J connectivity index is 1.32. The highest BCUT2D eigenvalue weighted by Crippen LogP contribution is 2.23. The molecule has 3 aromatic heterocycles. The lowest BCUT2D eigenvalue weighted by molar-refractivity contribution is 0.0738. The summed E-state index contributed by atoms with van der Waals surface area (Å²) in [6.07, 6.45) is 5.95. The molecular formula is C25H26N6O3. The Bertz CT molecular complexity index is 1270. The molecule has 0 radical (unpaired) electrons. The molecule has 4 aromatic rings. The van der Waals surface area contributed by atoms with Crippen LogP contribution in [-0.4, -0.2) is 63.8 Å². The van der Waals surface area contributed by atoms with Crippen LogP contribution in [-0.2, 0) is 11.2 Å². The van der Waals surface area contributed by atoms with Crippen LogP contribution in [0.1, 0.15) is 16.1 Å². The molecule has 0 saturated carbocycles. The number of fused-ring (bicyclic) bond motifs is 1. The number of amides is 1. The Kier molecular flexibility index (Phi) is 6.35. The van der Waals surface area contributed by atoms with Crippen molar-refractivity contribution in [3.63, 3.8) is 0 Å². The summed E-state index contributed by atoms with van der Waals surface area (Å²) >= 11 is 0. The molecule has 4 heterocycles. The van der Waals surface area contributed by atoms with Crippen LogP contribution in [0.25, 0.3) is 5.65 Å². The minimum absolute atomic E-state index is 0.0716. The number of rotatable bonds is 6. The third kappa shape index (κ3) is 4.84. The molecule has 0 spiro atoms. The van der Waals surface area contributed by atoms with Crippen LogP contribution in [0.2, 0.25) is 0 Å². The summed E-state index contributed by atoms with van der Waals surface area (Å²) in [5.41, 5.74) is 3.10. The molecule has 9 heteroatoms. The van der Waals surface area contributed by atoms with Crippen molar-refractivity contribution in [3.05, 3.63) is 78.4 Å². The van der Waals surface area contributed by atoms with Crippen molar-refractivity contribution in [2.75, 3.05) is 38.7 Å². The second-order valence-electron chi connectivity index (χ2n) is 8.20. The van der Waals surface area contributed by atoms with Crippen molar-refractivity contribution in [1.29, 1.82) is 0 Å². The highest BCUT2D eigenvalue weighted by molar-refractivity contribution is 5.99. The van der Waals surface area contributed by atoms with Gasteiger partial charge < -0.3 is 19.7 Å². The van der Waals surface area contributed by atoms with Gasteiger partial charge in [-0.25, -0.2) is 14.5 Å². The molecular weight excluding hydrogens is 432 g/mol. The Morgan fingerprint density at radius 3 is 2.88 bits per heavy atom. The molecule has 5 rings (SSSR count). The summed E-state index contributed by atoms with van der Waals surface area (Å²) < 4.78 is 12.8.